The highest BCUT2D eigenvalue weighted by molar-refractivity contribution is 5.47. The van der Waals surface area contributed by atoms with Gasteiger partial charge in [0.1, 0.15) is 0 Å². The first kappa shape index (κ1) is 14.9. The number of hydrogen-bond donors (Lipinski definition) is 0. The quantitative estimate of drug-likeness (QED) is 0.736. The third-order valence-corrected chi connectivity index (χ3v) is 7.09. The summed E-state index contributed by atoms with van der Waals surface area (Å²) in [4.78, 5) is 2.55. The molecule has 24 heavy (non-hydrogen) atoms. The van der Waals surface area contributed by atoms with Gasteiger partial charge in [0.15, 0.2) is 5.79 Å². The second-order valence-corrected chi connectivity index (χ2v) is 8.07. The number of nitrogens with zero attached hydrogens (tertiary/aromatic N) is 2. The highest BCUT2D eigenvalue weighted by Crippen LogP contribution is 2.59. The van der Waals surface area contributed by atoms with E-state index in [1.54, 1.807) is 0 Å². The van der Waals surface area contributed by atoms with Gasteiger partial charge < -0.3 is 14.4 Å². The first-order chi connectivity index (χ1) is 11.7. The Bertz CT molecular complexity index is 719. The van der Waals surface area contributed by atoms with Crippen molar-refractivity contribution in [2.24, 2.45) is 5.92 Å². The molecule has 5 rings (SSSR count). The van der Waals surface area contributed by atoms with E-state index in [-0.39, 0.29) is 11.2 Å². The van der Waals surface area contributed by atoms with E-state index in [2.05, 4.69) is 30.1 Å². The van der Waals surface area contributed by atoms with Crippen LogP contribution in [-0.4, -0.2) is 43.5 Å². The number of rotatable bonds is 0. The Kier molecular flexibility index (Phi) is 3.13. The topological polar surface area (TPSA) is 45.5 Å². The Morgan fingerprint density at radius 2 is 2.08 bits per heavy atom. The van der Waals surface area contributed by atoms with Crippen LogP contribution in [0.4, 0.5) is 0 Å². The predicted molar refractivity (Wildman–Crippen MR) is 89.6 cm³/mol. The standard InChI is InChI=1S/C20H24N2O2/c1-22-7-6-19-13-20(23-8-9-24-20)5-4-16(19)18(22)11-15-3-2-14(12-21)10-17(15)19/h2-3,10,16,18H,4-9,11,13H2,1H3/t16-,18+,19?/m0/s1. The number of benzene rings is 1. The lowest BCUT2D eigenvalue weighted by molar-refractivity contribution is -0.212. The van der Waals surface area contributed by atoms with E-state index >= 15 is 0 Å². The third kappa shape index (κ3) is 1.89. The van der Waals surface area contributed by atoms with Crippen LogP contribution in [0.2, 0.25) is 0 Å². The van der Waals surface area contributed by atoms with Gasteiger partial charge in [-0.25, -0.2) is 0 Å². The van der Waals surface area contributed by atoms with Crippen molar-refractivity contribution in [2.75, 3.05) is 26.8 Å². The summed E-state index contributed by atoms with van der Waals surface area (Å²) < 4.78 is 12.2. The molecule has 1 spiro atoms. The molecular weight excluding hydrogens is 300 g/mol. The fraction of sp³-hybridized carbons (Fsp3) is 0.650. The minimum atomic E-state index is -0.381. The molecule has 4 heteroatoms. The van der Waals surface area contributed by atoms with E-state index in [0.29, 0.717) is 12.0 Å². The van der Waals surface area contributed by atoms with Crippen molar-refractivity contribution in [3.8, 4) is 6.07 Å². The van der Waals surface area contributed by atoms with Crippen molar-refractivity contribution in [1.29, 1.82) is 5.26 Å². The number of nitriles is 1. The van der Waals surface area contributed by atoms with Gasteiger partial charge in [-0.3, -0.25) is 0 Å². The molecule has 2 aliphatic carbocycles. The van der Waals surface area contributed by atoms with Crippen molar-refractivity contribution in [3.63, 3.8) is 0 Å². The molecule has 4 nitrogen and oxygen atoms in total. The molecule has 0 N–H and O–H groups in total. The number of likely N-dealkylation sites (N-methyl/N-ethyl adjacent to an activating group) is 1. The molecule has 2 heterocycles. The van der Waals surface area contributed by atoms with E-state index in [9.17, 15) is 5.26 Å². The Balaban J connectivity index is 1.67. The lowest BCUT2D eigenvalue weighted by Crippen LogP contribution is -2.63. The van der Waals surface area contributed by atoms with Gasteiger partial charge in [-0.2, -0.15) is 5.26 Å². The van der Waals surface area contributed by atoms with Gasteiger partial charge in [0.2, 0.25) is 0 Å². The molecule has 1 saturated carbocycles. The summed E-state index contributed by atoms with van der Waals surface area (Å²) in [6, 6.07) is 9.28. The molecule has 126 valence electrons. The molecule has 2 saturated heterocycles. The average Bonchev–Trinajstić information content (AvgIpc) is 3.05. The number of ether oxygens (including phenoxy) is 2. The van der Waals surface area contributed by atoms with E-state index in [0.717, 1.165) is 57.4 Å². The smallest absolute Gasteiger partial charge is 0.169 e. The molecule has 4 aliphatic rings. The van der Waals surface area contributed by atoms with Crippen molar-refractivity contribution < 1.29 is 9.47 Å². The first-order valence-electron chi connectivity index (χ1n) is 9.18. The first-order valence-corrected chi connectivity index (χ1v) is 9.18. The van der Waals surface area contributed by atoms with Gasteiger partial charge in [-0.1, -0.05) is 6.07 Å². The maximum Gasteiger partial charge on any atom is 0.169 e. The van der Waals surface area contributed by atoms with Crippen molar-refractivity contribution in [2.45, 2.75) is 49.3 Å². The monoisotopic (exact) mass is 324 g/mol. The molecule has 2 aliphatic heterocycles. The molecular formula is C20H24N2O2. The summed E-state index contributed by atoms with van der Waals surface area (Å²) in [7, 11) is 2.27. The second-order valence-electron chi connectivity index (χ2n) is 8.07. The number of piperidine rings is 1. The Hall–Kier alpha value is -1.41. The van der Waals surface area contributed by atoms with Crippen LogP contribution in [0.1, 0.15) is 42.4 Å². The van der Waals surface area contributed by atoms with Gasteiger partial charge in [-0.05, 0) is 62.0 Å². The predicted octanol–water partition coefficient (Wildman–Crippen LogP) is 2.60. The average molecular weight is 324 g/mol. The van der Waals surface area contributed by atoms with E-state index < -0.39 is 0 Å². The Labute approximate surface area is 143 Å². The third-order valence-electron chi connectivity index (χ3n) is 7.09. The summed E-state index contributed by atoms with van der Waals surface area (Å²) in [5, 5.41) is 9.40. The van der Waals surface area contributed by atoms with Gasteiger partial charge >= 0.3 is 0 Å². The normalized spacial score (nSPS) is 36.8. The minimum Gasteiger partial charge on any atom is -0.348 e. The highest BCUT2D eigenvalue weighted by atomic mass is 16.7. The van der Waals surface area contributed by atoms with Crippen LogP contribution in [-0.2, 0) is 21.3 Å². The van der Waals surface area contributed by atoms with Crippen molar-refractivity contribution in [1.82, 2.24) is 4.90 Å². The van der Waals surface area contributed by atoms with E-state index in [1.165, 1.54) is 11.1 Å². The Morgan fingerprint density at radius 1 is 1.25 bits per heavy atom. The minimum absolute atomic E-state index is 0.111. The molecule has 0 aromatic heterocycles. The van der Waals surface area contributed by atoms with Crippen LogP contribution in [0.5, 0.6) is 0 Å². The zero-order valence-corrected chi connectivity index (χ0v) is 14.3. The number of fused-ring (bicyclic) bond motifs is 1. The molecule has 1 aromatic carbocycles. The molecule has 1 unspecified atom stereocenters. The summed E-state index contributed by atoms with van der Waals surface area (Å²) in [5.41, 5.74) is 3.73. The van der Waals surface area contributed by atoms with Crippen LogP contribution in [0.25, 0.3) is 0 Å². The maximum absolute atomic E-state index is 9.40. The molecule has 0 radical (unpaired) electrons. The van der Waals surface area contributed by atoms with Gasteiger partial charge in [0, 0.05) is 24.3 Å². The largest absolute Gasteiger partial charge is 0.348 e. The highest BCUT2D eigenvalue weighted by Gasteiger charge is 2.60. The lowest BCUT2D eigenvalue weighted by Gasteiger charge is -2.60. The van der Waals surface area contributed by atoms with Gasteiger partial charge in [0.25, 0.3) is 0 Å². The second kappa shape index (κ2) is 5.05. The van der Waals surface area contributed by atoms with Crippen LogP contribution in [0.15, 0.2) is 18.2 Å². The fourth-order valence-corrected chi connectivity index (χ4v) is 6.02. The van der Waals surface area contributed by atoms with Gasteiger partial charge in [-0.15, -0.1) is 0 Å². The zero-order chi connectivity index (χ0) is 16.4. The summed E-state index contributed by atoms with van der Waals surface area (Å²) in [5.74, 6) is 0.268. The summed E-state index contributed by atoms with van der Waals surface area (Å²) in [6.07, 6.45) is 5.37. The van der Waals surface area contributed by atoms with Crippen LogP contribution < -0.4 is 0 Å². The molecule has 1 aromatic rings. The summed E-state index contributed by atoms with van der Waals surface area (Å²) in [6.45, 7) is 2.55. The molecule has 3 fully saturated rings. The van der Waals surface area contributed by atoms with Crippen LogP contribution >= 0.6 is 0 Å². The molecule has 3 atom stereocenters. The van der Waals surface area contributed by atoms with Gasteiger partial charge in [0.05, 0.1) is 24.8 Å². The van der Waals surface area contributed by atoms with Crippen molar-refractivity contribution >= 4 is 0 Å². The fourth-order valence-electron chi connectivity index (χ4n) is 6.02. The molecule has 2 bridgehead atoms. The van der Waals surface area contributed by atoms with Crippen LogP contribution in [0.3, 0.4) is 0 Å². The van der Waals surface area contributed by atoms with Crippen molar-refractivity contribution in [3.05, 3.63) is 34.9 Å². The molecule has 0 amide bonds. The lowest BCUT2D eigenvalue weighted by atomic mass is 9.51. The van der Waals surface area contributed by atoms with Crippen LogP contribution in [0, 0.1) is 17.2 Å². The zero-order valence-electron chi connectivity index (χ0n) is 14.3. The maximum atomic E-state index is 9.40. The Morgan fingerprint density at radius 3 is 2.88 bits per heavy atom. The SMILES string of the molecule is CN1CCC23CC4(CC[C@H]2[C@H]1Cc1ccc(C#N)cc13)OCCO4. The summed E-state index contributed by atoms with van der Waals surface area (Å²) >= 11 is 0. The number of likely N-dealkylation sites (tertiary alicyclic amines) is 1. The number of hydrogen-bond acceptors (Lipinski definition) is 4. The van der Waals surface area contributed by atoms with E-state index in [1.807, 2.05) is 6.07 Å². The van der Waals surface area contributed by atoms with E-state index in [4.69, 9.17) is 9.47 Å².